The lowest BCUT2D eigenvalue weighted by Gasteiger charge is -2.47. The Morgan fingerprint density at radius 2 is 1.19 bits per heavy atom. The molecule has 9 fully saturated rings. The molecule has 0 aromatic rings. The van der Waals surface area contributed by atoms with Crippen molar-refractivity contribution in [2.45, 2.75) is 291 Å². The predicted octanol–water partition coefficient (Wildman–Crippen LogP) is 7.22. The van der Waals surface area contributed by atoms with Gasteiger partial charge in [-0.25, -0.2) is 13.2 Å². The van der Waals surface area contributed by atoms with Crippen LogP contribution in [-0.2, 0) is 67.0 Å². The summed E-state index contributed by atoms with van der Waals surface area (Å²) in [5.74, 6) is -17.9. The molecule has 9 rings (SSSR count). The van der Waals surface area contributed by atoms with E-state index < -0.39 is 242 Å². The number of halogens is 9. The molecule has 0 aromatic carbocycles. The van der Waals surface area contributed by atoms with Crippen molar-refractivity contribution in [2.75, 3.05) is 101 Å². The topological polar surface area (TPSA) is 289 Å². The molecule has 1 spiro atoms. The lowest BCUT2D eigenvalue weighted by Crippen LogP contribution is -2.68. The Kier molecular flexibility index (Phi) is 32.0. The molecule has 4 heterocycles. The van der Waals surface area contributed by atoms with Gasteiger partial charge in [-0.1, -0.05) is 58.8 Å². The normalized spacial score (nSPS) is 33.5. The lowest BCUT2D eigenvalue weighted by atomic mass is 9.74. The van der Waals surface area contributed by atoms with E-state index in [-0.39, 0.29) is 129 Å². The van der Waals surface area contributed by atoms with E-state index in [1.54, 1.807) is 20.8 Å². The maximum Gasteiger partial charge on any atom is 0.397 e. The molecule has 3 N–H and O–H groups in total. The summed E-state index contributed by atoms with van der Waals surface area (Å²) < 4.78 is 144. The number of morpholine rings is 1. The van der Waals surface area contributed by atoms with Crippen LogP contribution in [0.1, 0.15) is 201 Å². The number of carbonyl (C=O) groups excluding carboxylic acids is 12. The van der Waals surface area contributed by atoms with Crippen LogP contribution in [0.4, 0.5) is 39.5 Å². The van der Waals surface area contributed by atoms with Gasteiger partial charge in [0.2, 0.25) is 70.9 Å². The van der Waals surface area contributed by atoms with Crippen molar-refractivity contribution < 1.29 is 107 Å². The van der Waals surface area contributed by atoms with Crippen molar-refractivity contribution in [2.24, 2.45) is 41.4 Å². The average Bonchev–Trinajstić information content (AvgIpc) is 1.73. The number of fused-ring (bicyclic) bond motifs is 3. The van der Waals surface area contributed by atoms with E-state index in [2.05, 4.69) is 16.0 Å². The first-order chi connectivity index (χ1) is 54.3. The summed E-state index contributed by atoms with van der Waals surface area (Å²) in [5, 5.41) is 8.44. The van der Waals surface area contributed by atoms with Gasteiger partial charge >= 0.3 is 12.4 Å². The van der Waals surface area contributed by atoms with Gasteiger partial charge in [0.05, 0.1) is 44.7 Å². The second kappa shape index (κ2) is 40.1. The van der Waals surface area contributed by atoms with Gasteiger partial charge in [0.15, 0.2) is 0 Å². The van der Waals surface area contributed by atoms with Gasteiger partial charge in [-0.15, -0.1) is 0 Å². The van der Waals surface area contributed by atoms with Crippen molar-refractivity contribution in [3.8, 4) is 0 Å². The zero-order valence-corrected chi connectivity index (χ0v) is 68.3. The van der Waals surface area contributed by atoms with Crippen LogP contribution in [0.2, 0.25) is 0 Å². The highest BCUT2D eigenvalue weighted by molar-refractivity contribution is 6.01. The van der Waals surface area contributed by atoms with Crippen LogP contribution in [-0.4, -0.2) is 307 Å². The third-order valence-corrected chi connectivity index (χ3v) is 26.8. The minimum Gasteiger partial charge on any atom is -0.378 e. The molecular weight excluding hydrogens is 1520 g/mol. The molecule has 5 saturated carbocycles. The number of hydrogen-bond donors (Lipinski definition) is 3. The largest absolute Gasteiger partial charge is 0.397 e. The van der Waals surface area contributed by atoms with E-state index >= 15 is 61.1 Å². The molecule has 4 aliphatic heterocycles. The Balaban J connectivity index is 1.12. The summed E-state index contributed by atoms with van der Waals surface area (Å²) in [4.78, 5) is 195. The Hall–Kier alpha value is -7.07. The summed E-state index contributed by atoms with van der Waals surface area (Å²) >= 11 is 0. The average molecular weight is 1650 g/mol. The molecule has 0 radical (unpaired) electrons. The third-order valence-electron chi connectivity index (χ3n) is 26.8. The van der Waals surface area contributed by atoms with Crippen LogP contribution in [0.3, 0.4) is 0 Å². The fraction of sp³-hybridized carbons (Fsp3) is 0.850. The summed E-state index contributed by atoms with van der Waals surface area (Å²) in [5.41, 5.74) is -1.73. The molecule has 115 heavy (non-hydrogen) atoms. The molecule has 2 bridgehead atoms. The number of nitrogens with one attached hydrogen (secondary N) is 3. The monoisotopic (exact) mass is 1650 g/mol. The van der Waals surface area contributed by atoms with Gasteiger partial charge in [-0.05, 0) is 159 Å². The summed E-state index contributed by atoms with van der Waals surface area (Å²) in [6.07, 6.45) is -15.7. The van der Waals surface area contributed by atoms with Crippen molar-refractivity contribution in [3.63, 3.8) is 0 Å². The van der Waals surface area contributed by atoms with E-state index in [0.29, 0.717) is 70.6 Å². The van der Waals surface area contributed by atoms with Gasteiger partial charge in [-0.2, -0.15) is 26.3 Å². The molecule has 9 aliphatic rings. The number of hydrogen-bond acceptors (Lipinski definition) is 14. The van der Waals surface area contributed by atoms with E-state index in [4.69, 9.17) is 9.47 Å². The Labute approximate surface area is 669 Å². The number of ether oxygens (including phenoxy) is 2. The van der Waals surface area contributed by atoms with Crippen molar-refractivity contribution >= 4 is 70.9 Å². The first kappa shape index (κ1) is 91.8. The molecule has 4 saturated heterocycles. The molecule has 14 atom stereocenters. The number of rotatable bonds is 13. The molecule has 35 heteroatoms. The SMILES string of the molecule is CCO[C@@H]1C[C@H]2C(=O)NC3(CCC3)C(=O)N(C)[C@@H](C3CCCC3)C(=O)N(C)[C@H](C(=O)N3CCOCC3)CC(=O)N(C)[C@@H](CC3CCCCC3F)C(=O)N[C@@H]([C@@H](C)CC)C(=O)N(C)CC(=O)N(C)[C@H]3CCCCCN(C3=O)[C@@H](CC3CCC(C(F)(F)F)CC3)C(=O)N(C)CC(=O)N[C@@H](CCC3CC(F)C(C(F)(F)F)C(F)C3)C(=O)N2C1. The highest BCUT2D eigenvalue weighted by Crippen LogP contribution is 2.46. The van der Waals surface area contributed by atoms with Crippen LogP contribution in [0.15, 0.2) is 0 Å². The zero-order valence-electron chi connectivity index (χ0n) is 68.3. The van der Waals surface area contributed by atoms with Crippen LogP contribution in [0.25, 0.3) is 0 Å². The Bertz CT molecular complexity index is 3400. The summed E-state index contributed by atoms with van der Waals surface area (Å²) in [6.45, 7) is 3.60. The smallest absolute Gasteiger partial charge is 0.378 e. The molecule has 26 nitrogen and oxygen atoms in total. The second-order valence-corrected chi connectivity index (χ2v) is 34.4. The first-order valence-corrected chi connectivity index (χ1v) is 41.9. The highest BCUT2D eigenvalue weighted by Gasteiger charge is 2.57. The molecule has 0 aromatic heterocycles. The zero-order chi connectivity index (χ0) is 84.3. The first-order valence-electron chi connectivity index (χ1n) is 41.9. The van der Waals surface area contributed by atoms with Gasteiger partial charge in [0.25, 0.3) is 0 Å². The predicted molar refractivity (Wildman–Crippen MR) is 402 cm³/mol. The van der Waals surface area contributed by atoms with Gasteiger partial charge < -0.3 is 69.5 Å². The number of nitrogens with zero attached hydrogens (tertiary/aromatic N) is 9. The number of alkyl halides is 9. The number of likely N-dealkylation sites (N-methyl/N-ethyl adjacent to an activating group) is 6. The second-order valence-electron chi connectivity index (χ2n) is 34.4. The van der Waals surface area contributed by atoms with Crippen molar-refractivity contribution in [1.82, 2.24) is 60.0 Å². The van der Waals surface area contributed by atoms with Crippen LogP contribution in [0.5, 0.6) is 0 Å². The van der Waals surface area contributed by atoms with E-state index in [1.165, 1.54) is 57.0 Å². The third kappa shape index (κ3) is 22.3. The standard InChI is InChI=1S/C80H123F9N12O14/c1-10-47(3)67-75(111)94(5)46-65(104)95(6)58-24-13-12-18-33-100(74(58)110)62(40-48-25-28-52(29-26-48)79(84,85)86)72(108)93(4)45-63(102)90-57(30-27-49-38-55(82)66(56(83)39-49)80(87,88)89)71(107)101-44-53(115-11-2)42-60(101)70(106)92-78(31-19-32-78)77(113)98(9)68(50-20-14-15-21-50)76(112)97(8)61(73(109)99-34-36-114-37-35-99)43-64(103)96(7)59(69(105)91-67)41-51-22-16-17-23-54(51)81/h47-62,66-68H,10-46H2,1-9H3,(H,90,102)(H,91,105)(H,92,106)/t47-,48?,49?,51?,52?,53+,54?,55?,56?,57-,58-,59-,60-,61-,62-,66?,67-,68-/m0/s1. The molecule has 12 amide bonds. The van der Waals surface area contributed by atoms with Crippen molar-refractivity contribution in [1.29, 1.82) is 0 Å². The molecular formula is C80H123F9N12O14. The molecule has 650 valence electrons. The van der Waals surface area contributed by atoms with Crippen molar-refractivity contribution in [3.05, 3.63) is 0 Å². The van der Waals surface area contributed by atoms with Gasteiger partial charge in [0.1, 0.15) is 78.3 Å². The fourth-order valence-electron chi connectivity index (χ4n) is 19.3. The maximum atomic E-state index is 16.2. The summed E-state index contributed by atoms with van der Waals surface area (Å²) in [6, 6.07) is -11.8. The minimum absolute atomic E-state index is 0.00542. The number of amides is 12. The summed E-state index contributed by atoms with van der Waals surface area (Å²) in [7, 11) is 7.96. The highest BCUT2D eigenvalue weighted by atomic mass is 19.4. The van der Waals surface area contributed by atoms with E-state index in [9.17, 15) is 35.9 Å². The molecule has 4 unspecified atom stereocenters. The fourth-order valence-corrected chi connectivity index (χ4v) is 19.3. The Morgan fingerprint density at radius 3 is 1.79 bits per heavy atom. The van der Waals surface area contributed by atoms with Gasteiger partial charge in [-0.3, -0.25) is 57.5 Å². The quantitative estimate of drug-likeness (QED) is 0.154. The van der Waals surface area contributed by atoms with Crippen LogP contribution < -0.4 is 16.0 Å². The molecule has 5 aliphatic carbocycles. The van der Waals surface area contributed by atoms with E-state index in [1.807, 2.05) is 0 Å². The van der Waals surface area contributed by atoms with E-state index in [0.717, 1.165) is 29.4 Å². The lowest BCUT2D eigenvalue weighted by molar-refractivity contribution is -0.219. The van der Waals surface area contributed by atoms with Gasteiger partial charge in [0, 0.05) is 81.5 Å². The Morgan fingerprint density at radius 1 is 0.565 bits per heavy atom. The number of carbonyl (C=O) groups is 12. The van der Waals surface area contributed by atoms with Crippen LogP contribution >= 0.6 is 0 Å². The van der Waals surface area contributed by atoms with Crippen LogP contribution in [0, 0.1) is 41.4 Å². The maximum absolute atomic E-state index is 16.2. The minimum atomic E-state index is -5.23.